The minimum absolute atomic E-state index is 0.0701. The molecule has 37 heavy (non-hydrogen) atoms. The number of hydrogen-bond acceptors (Lipinski definition) is 7. The van der Waals surface area contributed by atoms with Crippen LogP contribution in [-0.4, -0.2) is 36.9 Å². The standard InChI is InChI=1S/C27H21ClN8O/c1-2-24(37)33-19-7-16(9-29-11-19)17-8-20-25(35-36-26(20)31-10-17)27-32-13-22-21(12-30-14-23(22)34-27)15-4-3-5-18(28)6-15/h3-12,14H,2,13H2,1H3,(H,32,34)(H,33,37)(H,31,35,36). The third-order valence-corrected chi connectivity index (χ3v) is 6.39. The quantitative estimate of drug-likeness (QED) is 0.290. The zero-order valence-corrected chi connectivity index (χ0v) is 20.5. The molecule has 0 aliphatic carbocycles. The van der Waals surface area contributed by atoms with E-state index in [1.807, 2.05) is 42.6 Å². The van der Waals surface area contributed by atoms with Crippen molar-refractivity contribution in [2.24, 2.45) is 4.99 Å². The van der Waals surface area contributed by atoms with Crippen LogP contribution >= 0.6 is 11.6 Å². The molecule has 0 saturated carbocycles. The Labute approximate surface area is 217 Å². The summed E-state index contributed by atoms with van der Waals surface area (Å²) in [7, 11) is 0. The molecule has 9 nitrogen and oxygen atoms in total. The summed E-state index contributed by atoms with van der Waals surface area (Å²) in [5.41, 5.74) is 7.48. The molecule has 0 fully saturated rings. The van der Waals surface area contributed by atoms with E-state index in [1.54, 1.807) is 31.7 Å². The van der Waals surface area contributed by atoms with Crippen LogP contribution in [0.5, 0.6) is 0 Å². The van der Waals surface area contributed by atoms with E-state index in [1.165, 1.54) is 0 Å². The van der Waals surface area contributed by atoms with Gasteiger partial charge in [0.2, 0.25) is 5.91 Å². The first kappa shape index (κ1) is 22.8. The predicted octanol–water partition coefficient (Wildman–Crippen LogP) is 5.46. The largest absolute Gasteiger partial charge is 0.337 e. The number of nitrogens with one attached hydrogen (secondary N) is 3. The second-order valence-corrected chi connectivity index (χ2v) is 9.01. The number of amides is 1. The number of aliphatic imine (C=N–C) groups is 1. The summed E-state index contributed by atoms with van der Waals surface area (Å²) >= 11 is 6.21. The number of H-pyrrole nitrogens is 1. The van der Waals surface area contributed by atoms with Crippen molar-refractivity contribution in [3.05, 3.63) is 83.7 Å². The van der Waals surface area contributed by atoms with Crippen molar-refractivity contribution in [3.8, 4) is 22.3 Å². The summed E-state index contributed by atoms with van der Waals surface area (Å²) in [4.78, 5) is 29.9. The van der Waals surface area contributed by atoms with Gasteiger partial charge in [0, 0.05) is 52.3 Å². The van der Waals surface area contributed by atoms with Crippen LogP contribution < -0.4 is 10.6 Å². The fourth-order valence-electron chi connectivity index (χ4n) is 4.29. The highest BCUT2D eigenvalue weighted by Gasteiger charge is 2.21. The van der Waals surface area contributed by atoms with Crippen molar-refractivity contribution < 1.29 is 4.79 Å². The van der Waals surface area contributed by atoms with E-state index < -0.39 is 0 Å². The van der Waals surface area contributed by atoms with Crippen LogP contribution in [0.15, 0.2) is 72.4 Å². The minimum Gasteiger partial charge on any atom is -0.337 e. The topological polar surface area (TPSA) is 121 Å². The Balaban J connectivity index is 1.34. The molecule has 0 radical (unpaired) electrons. The monoisotopic (exact) mass is 508 g/mol. The number of rotatable bonds is 5. The molecule has 0 unspecified atom stereocenters. The Morgan fingerprint density at radius 2 is 1.89 bits per heavy atom. The van der Waals surface area contributed by atoms with Crippen molar-refractivity contribution in [1.29, 1.82) is 0 Å². The first-order chi connectivity index (χ1) is 18.1. The summed E-state index contributed by atoms with van der Waals surface area (Å²) in [6, 6.07) is 11.6. The normalized spacial score (nSPS) is 12.5. The first-order valence-corrected chi connectivity index (χ1v) is 12.1. The van der Waals surface area contributed by atoms with Crippen LogP contribution in [-0.2, 0) is 11.3 Å². The van der Waals surface area contributed by atoms with Crippen LogP contribution in [0, 0.1) is 0 Å². The van der Waals surface area contributed by atoms with Gasteiger partial charge in [0.05, 0.1) is 35.7 Å². The fourth-order valence-corrected chi connectivity index (χ4v) is 4.48. The average Bonchev–Trinajstić information content (AvgIpc) is 3.36. The Kier molecular flexibility index (Phi) is 5.82. The number of fused-ring (bicyclic) bond motifs is 2. The maximum atomic E-state index is 11.8. The Morgan fingerprint density at radius 3 is 2.76 bits per heavy atom. The number of halogens is 1. The lowest BCUT2D eigenvalue weighted by atomic mass is 9.99. The van der Waals surface area contributed by atoms with Gasteiger partial charge in [-0.1, -0.05) is 30.7 Å². The van der Waals surface area contributed by atoms with Gasteiger partial charge in [-0.15, -0.1) is 0 Å². The van der Waals surface area contributed by atoms with Gasteiger partial charge in [-0.2, -0.15) is 5.10 Å². The maximum absolute atomic E-state index is 11.8. The number of hydrogen-bond donors (Lipinski definition) is 3. The summed E-state index contributed by atoms with van der Waals surface area (Å²) in [5, 5.41) is 15.2. The molecular formula is C27H21ClN8O. The van der Waals surface area contributed by atoms with E-state index in [2.05, 4.69) is 35.8 Å². The molecule has 1 aromatic carbocycles. The number of aromatic nitrogens is 5. The van der Waals surface area contributed by atoms with E-state index in [0.717, 1.165) is 38.9 Å². The van der Waals surface area contributed by atoms with Gasteiger partial charge in [0.15, 0.2) is 11.5 Å². The minimum atomic E-state index is -0.0701. The molecule has 182 valence electrons. The number of aromatic amines is 1. The molecule has 1 aliphatic rings. The summed E-state index contributed by atoms with van der Waals surface area (Å²) in [6.07, 6.45) is 9.12. The molecule has 5 aromatic rings. The van der Waals surface area contributed by atoms with Crippen molar-refractivity contribution in [2.45, 2.75) is 19.9 Å². The van der Waals surface area contributed by atoms with E-state index in [0.29, 0.717) is 40.9 Å². The van der Waals surface area contributed by atoms with Crippen LogP contribution in [0.25, 0.3) is 33.3 Å². The van der Waals surface area contributed by atoms with E-state index >= 15 is 0 Å². The highest BCUT2D eigenvalue weighted by Crippen LogP contribution is 2.33. The molecule has 10 heteroatoms. The van der Waals surface area contributed by atoms with E-state index in [-0.39, 0.29) is 5.91 Å². The molecular weight excluding hydrogens is 488 g/mol. The zero-order chi connectivity index (χ0) is 25.4. The lowest BCUT2D eigenvalue weighted by Gasteiger charge is -2.20. The van der Waals surface area contributed by atoms with Gasteiger partial charge in [0.1, 0.15) is 5.69 Å². The van der Waals surface area contributed by atoms with E-state index in [9.17, 15) is 4.79 Å². The fraction of sp³-hybridized carbons (Fsp3) is 0.111. The Bertz CT molecular complexity index is 1690. The zero-order valence-electron chi connectivity index (χ0n) is 19.8. The van der Waals surface area contributed by atoms with Crippen LogP contribution in [0.1, 0.15) is 24.6 Å². The van der Waals surface area contributed by atoms with Gasteiger partial charge in [-0.3, -0.25) is 24.9 Å². The van der Waals surface area contributed by atoms with Gasteiger partial charge in [0.25, 0.3) is 0 Å². The number of amidine groups is 1. The molecule has 0 saturated heterocycles. The number of nitrogens with zero attached hydrogens (tertiary/aromatic N) is 5. The lowest BCUT2D eigenvalue weighted by Crippen LogP contribution is -2.20. The van der Waals surface area contributed by atoms with Crippen molar-refractivity contribution in [1.82, 2.24) is 25.1 Å². The number of benzene rings is 1. The van der Waals surface area contributed by atoms with Gasteiger partial charge in [-0.05, 0) is 29.8 Å². The summed E-state index contributed by atoms with van der Waals surface area (Å²) in [5.74, 6) is 0.559. The molecule has 5 heterocycles. The second-order valence-electron chi connectivity index (χ2n) is 8.57. The smallest absolute Gasteiger partial charge is 0.224 e. The highest BCUT2D eigenvalue weighted by atomic mass is 35.5. The molecule has 4 aromatic heterocycles. The third kappa shape index (κ3) is 4.41. The van der Waals surface area contributed by atoms with Gasteiger partial charge in [-0.25, -0.2) is 4.98 Å². The lowest BCUT2D eigenvalue weighted by molar-refractivity contribution is -0.115. The molecule has 6 rings (SSSR count). The molecule has 0 atom stereocenters. The van der Waals surface area contributed by atoms with Crippen LogP contribution in [0.4, 0.5) is 11.4 Å². The van der Waals surface area contributed by atoms with E-state index in [4.69, 9.17) is 16.6 Å². The molecule has 0 bridgehead atoms. The van der Waals surface area contributed by atoms with Crippen molar-refractivity contribution >= 4 is 45.8 Å². The molecule has 1 aliphatic heterocycles. The second kappa shape index (κ2) is 9.44. The van der Waals surface area contributed by atoms with Gasteiger partial charge >= 0.3 is 0 Å². The Morgan fingerprint density at radius 1 is 1.03 bits per heavy atom. The maximum Gasteiger partial charge on any atom is 0.224 e. The Hall–Kier alpha value is -4.63. The van der Waals surface area contributed by atoms with Crippen LogP contribution in [0.2, 0.25) is 5.02 Å². The summed E-state index contributed by atoms with van der Waals surface area (Å²) < 4.78 is 0. The third-order valence-electron chi connectivity index (χ3n) is 6.16. The van der Waals surface area contributed by atoms with Crippen LogP contribution in [0.3, 0.4) is 0 Å². The number of anilines is 2. The molecule has 0 spiro atoms. The number of pyridine rings is 3. The predicted molar refractivity (Wildman–Crippen MR) is 145 cm³/mol. The molecule has 3 N–H and O–H groups in total. The average molecular weight is 509 g/mol. The molecule has 1 amide bonds. The highest BCUT2D eigenvalue weighted by molar-refractivity contribution is 6.30. The summed E-state index contributed by atoms with van der Waals surface area (Å²) in [6.45, 7) is 2.27. The van der Waals surface area contributed by atoms with Crippen molar-refractivity contribution in [3.63, 3.8) is 0 Å². The van der Waals surface area contributed by atoms with Gasteiger partial charge < -0.3 is 10.6 Å². The van der Waals surface area contributed by atoms with Crippen molar-refractivity contribution in [2.75, 3.05) is 10.6 Å². The number of carbonyl (C=O) groups is 1. The SMILES string of the molecule is CCC(=O)Nc1cncc(-c2cnc3[nH]nc(C4=NCc5c(cncc5-c5cccc(Cl)c5)N4)c3c2)c1. The number of carbonyl (C=O) groups excluding carboxylic acids is 1. The first-order valence-electron chi connectivity index (χ1n) is 11.7.